The van der Waals surface area contributed by atoms with Crippen LogP contribution in [0.1, 0.15) is 31.4 Å². The van der Waals surface area contributed by atoms with E-state index in [2.05, 4.69) is 120 Å². The Bertz CT molecular complexity index is 950. The zero-order valence-electron chi connectivity index (χ0n) is 15.7. The minimum absolute atomic E-state index is 0.256. The van der Waals surface area contributed by atoms with E-state index in [0.29, 0.717) is 5.92 Å². The van der Waals surface area contributed by atoms with Crippen molar-refractivity contribution in [3.05, 3.63) is 112 Å². The highest BCUT2D eigenvalue weighted by Crippen LogP contribution is 2.38. The van der Waals surface area contributed by atoms with E-state index in [1.54, 1.807) is 0 Å². The van der Waals surface area contributed by atoms with Gasteiger partial charge in [0.25, 0.3) is 0 Å². The first kappa shape index (κ1) is 18.1. The topological polar surface area (TPSA) is 12.0 Å². The van der Waals surface area contributed by atoms with Gasteiger partial charge in [0.2, 0.25) is 0 Å². The Morgan fingerprint density at radius 3 is 2.30 bits per heavy atom. The van der Waals surface area contributed by atoms with E-state index in [-0.39, 0.29) is 5.54 Å². The summed E-state index contributed by atoms with van der Waals surface area (Å²) in [4.78, 5) is 0. The molecule has 0 radical (unpaired) electrons. The molecule has 2 unspecified atom stereocenters. The molecule has 0 spiro atoms. The molecule has 136 valence electrons. The van der Waals surface area contributed by atoms with Crippen molar-refractivity contribution in [3.63, 3.8) is 0 Å². The van der Waals surface area contributed by atoms with Crippen molar-refractivity contribution in [1.82, 2.24) is 5.32 Å². The highest BCUT2D eigenvalue weighted by molar-refractivity contribution is 9.11. The van der Waals surface area contributed by atoms with Crippen LogP contribution in [0.2, 0.25) is 0 Å². The first-order chi connectivity index (χ1) is 13.0. The molecule has 2 aromatic carbocycles. The molecule has 2 aliphatic rings. The largest absolute Gasteiger partial charge is 0.372 e. The van der Waals surface area contributed by atoms with Crippen molar-refractivity contribution in [1.29, 1.82) is 0 Å². The second kappa shape index (κ2) is 7.36. The third kappa shape index (κ3) is 3.86. The summed E-state index contributed by atoms with van der Waals surface area (Å²) in [6, 6.07) is 21.3. The normalized spacial score (nSPS) is 24.9. The average molecular weight is 418 g/mol. The zero-order chi connectivity index (χ0) is 18.9. The van der Waals surface area contributed by atoms with Gasteiger partial charge in [0.05, 0.1) is 5.54 Å². The molecule has 2 atom stereocenters. The molecule has 1 nitrogen and oxygen atoms in total. The van der Waals surface area contributed by atoms with Crippen molar-refractivity contribution in [2.75, 3.05) is 0 Å². The van der Waals surface area contributed by atoms with Gasteiger partial charge >= 0.3 is 0 Å². The summed E-state index contributed by atoms with van der Waals surface area (Å²) in [6.07, 6.45) is 10.3. The minimum atomic E-state index is -0.256. The van der Waals surface area contributed by atoms with Gasteiger partial charge in [-0.25, -0.2) is 0 Å². The van der Waals surface area contributed by atoms with Crippen LogP contribution < -0.4 is 5.32 Å². The first-order valence-electron chi connectivity index (χ1n) is 9.45. The van der Waals surface area contributed by atoms with Crippen molar-refractivity contribution in [2.45, 2.75) is 25.8 Å². The molecule has 0 saturated carbocycles. The molecule has 0 amide bonds. The van der Waals surface area contributed by atoms with Crippen LogP contribution in [-0.4, -0.2) is 0 Å². The third-order valence-corrected chi connectivity index (χ3v) is 5.76. The maximum Gasteiger partial charge on any atom is 0.0790 e. The van der Waals surface area contributed by atoms with Crippen LogP contribution in [0.5, 0.6) is 0 Å². The van der Waals surface area contributed by atoms with E-state index in [9.17, 15) is 0 Å². The first-order valence-corrected chi connectivity index (χ1v) is 10.2. The molecule has 1 N–H and O–H groups in total. The molecule has 1 heterocycles. The average Bonchev–Trinajstić information content (AvgIpc) is 2.68. The van der Waals surface area contributed by atoms with Gasteiger partial charge in [-0.05, 0) is 59.8 Å². The third-order valence-electron chi connectivity index (χ3n) is 5.27. The molecule has 4 rings (SSSR count). The predicted molar refractivity (Wildman–Crippen MR) is 118 cm³/mol. The number of allylic oxidation sites excluding steroid dienone is 6. The Morgan fingerprint density at radius 1 is 0.963 bits per heavy atom. The van der Waals surface area contributed by atoms with E-state index in [4.69, 9.17) is 0 Å². The van der Waals surface area contributed by atoms with Crippen LogP contribution in [0.15, 0.2) is 101 Å². The van der Waals surface area contributed by atoms with Crippen LogP contribution in [0, 0.1) is 5.92 Å². The highest BCUT2D eigenvalue weighted by atomic mass is 79.9. The number of benzene rings is 2. The summed E-state index contributed by atoms with van der Waals surface area (Å²) in [6.45, 7) is 4.53. The number of dihydropyridines is 1. The summed E-state index contributed by atoms with van der Waals surface area (Å²) in [5.41, 5.74) is 6.07. The molecule has 2 heteroatoms. The number of nitrogens with one attached hydrogen (secondary N) is 1. The maximum atomic E-state index is 3.79. The molecule has 0 fully saturated rings. The number of hydrogen-bond donors (Lipinski definition) is 1. The Hall–Kier alpha value is -2.32. The smallest absolute Gasteiger partial charge is 0.0790 e. The van der Waals surface area contributed by atoms with Crippen LogP contribution in [0.25, 0.3) is 5.70 Å². The lowest BCUT2D eigenvalue weighted by molar-refractivity contribution is 0.531. The van der Waals surface area contributed by atoms with Crippen molar-refractivity contribution in [2.24, 2.45) is 5.92 Å². The molecule has 0 aromatic heterocycles. The van der Waals surface area contributed by atoms with Gasteiger partial charge in [0.1, 0.15) is 0 Å². The Morgan fingerprint density at radius 2 is 1.63 bits per heavy atom. The van der Waals surface area contributed by atoms with Gasteiger partial charge in [0, 0.05) is 10.2 Å². The minimum Gasteiger partial charge on any atom is -0.372 e. The standard InChI is InChI=1S/C25H24BrN/c1-18-13-20(15-23(26)14-18)21-16-24(19-9-5-3-6-10-19)27-25(2,17-21)22-11-7-4-8-12-22/h3-12,14-18,27H,13H2,1-2H3. The molecule has 0 saturated heterocycles. The lowest BCUT2D eigenvalue weighted by Crippen LogP contribution is -2.39. The maximum absolute atomic E-state index is 3.79. The van der Waals surface area contributed by atoms with Gasteiger partial charge in [-0.1, -0.05) is 89.6 Å². The van der Waals surface area contributed by atoms with E-state index in [1.165, 1.54) is 32.5 Å². The quantitative estimate of drug-likeness (QED) is 0.584. The monoisotopic (exact) mass is 417 g/mol. The lowest BCUT2D eigenvalue weighted by Gasteiger charge is -2.36. The number of halogens is 1. The van der Waals surface area contributed by atoms with Crippen molar-refractivity contribution < 1.29 is 0 Å². The Balaban J connectivity index is 1.83. The second-order valence-electron chi connectivity index (χ2n) is 7.62. The SMILES string of the molecule is CC1C=C(Br)C=C(C2=CC(C)(c3ccccc3)NC(c3ccccc3)=C2)C1. The van der Waals surface area contributed by atoms with Gasteiger partial charge < -0.3 is 5.32 Å². The van der Waals surface area contributed by atoms with Gasteiger partial charge in [-0.3, -0.25) is 0 Å². The van der Waals surface area contributed by atoms with E-state index in [0.717, 1.165) is 6.42 Å². The van der Waals surface area contributed by atoms with Crippen LogP contribution in [0.4, 0.5) is 0 Å². The molecule has 1 aliphatic carbocycles. The van der Waals surface area contributed by atoms with Crippen LogP contribution in [-0.2, 0) is 5.54 Å². The fourth-order valence-electron chi connectivity index (χ4n) is 3.91. The van der Waals surface area contributed by atoms with E-state index < -0.39 is 0 Å². The van der Waals surface area contributed by atoms with Gasteiger partial charge in [0.15, 0.2) is 0 Å². The summed E-state index contributed by atoms with van der Waals surface area (Å²) in [5.74, 6) is 0.534. The van der Waals surface area contributed by atoms with Crippen molar-refractivity contribution in [3.8, 4) is 0 Å². The second-order valence-corrected chi connectivity index (χ2v) is 8.54. The van der Waals surface area contributed by atoms with Crippen molar-refractivity contribution >= 4 is 21.6 Å². The highest BCUT2D eigenvalue weighted by Gasteiger charge is 2.30. The molecule has 27 heavy (non-hydrogen) atoms. The van der Waals surface area contributed by atoms with Crippen LogP contribution >= 0.6 is 15.9 Å². The fraction of sp³-hybridized carbons (Fsp3) is 0.200. The van der Waals surface area contributed by atoms with E-state index >= 15 is 0 Å². The summed E-state index contributed by atoms with van der Waals surface area (Å²) >= 11 is 3.69. The van der Waals surface area contributed by atoms with Gasteiger partial charge in [-0.2, -0.15) is 0 Å². The summed E-state index contributed by atoms with van der Waals surface area (Å²) in [7, 11) is 0. The Kier molecular flexibility index (Phi) is 4.92. The molecular weight excluding hydrogens is 394 g/mol. The van der Waals surface area contributed by atoms with E-state index in [1.807, 2.05) is 0 Å². The zero-order valence-corrected chi connectivity index (χ0v) is 17.3. The number of hydrogen-bond acceptors (Lipinski definition) is 1. The molecule has 2 aromatic rings. The molecule has 1 aliphatic heterocycles. The Labute approximate surface area is 170 Å². The predicted octanol–water partition coefficient (Wildman–Crippen LogP) is 6.72. The lowest BCUT2D eigenvalue weighted by atomic mass is 9.81. The molecule has 0 bridgehead atoms. The summed E-state index contributed by atoms with van der Waals surface area (Å²) < 4.78 is 1.17. The van der Waals surface area contributed by atoms with Gasteiger partial charge in [-0.15, -0.1) is 0 Å². The molecular formula is C25H24BrN. The summed E-state index contributed by atoms with van der Waals surface area (Å²) in [5, 5.41) is 3.79. The number of rotatable bonds is 3. The fourth-order valence-corrected chi connectivity index (χ4v) is 4.64. The van der Waals surface area contributed by atoms with Crippen LogP contribution in [0.3, 0.4) is 0 Å².